The average Bonchev–Trinajstić information content (AvgIpc) is 2.50. The number of hydrogen-bond donors (Lipinski definition) is 2. The minimum atomic E-state index is -0.369. The molecule has 25 heavy (non-hydrogen) atoms. The van der Waals surface area contributed by atoms with E-state index in [9.17, 15) is 14.7 Å². The zero-order valence-corrected chi connectivity index (χ0v) is 15.2. The Labute approximate surface area is 152 Å². The number of nitrogens with zero attached hydrogens (tertiary/aromatic N) is 1. The van der Waals surface area contributed by atoms with Crippen LogP contribution in [0.1, 0.15) is 42.4 Å². The number of aromatic hydroxyl groups is 1. The van der Waals surface area contributed by atoms with Gasteiger partial charge in [-0.3, -0.25) is 14.6 Å². The summed E-state index contributed by atoms with van der Waals surface area (Å²) in [6.45, 7) is 5.65. The van der Waals surface area contributed by atoms with Crippen molar-refractivity contribution in [1.29, 1.82) is 0 Å². The Hall–Kier alpha value is -2.40. The Morgan fingerprint density at radius 3 is 2.56 bits per heavy atom. The minimum absolute atomic E-state index is 0.000761. The van der Waals surface area contributed by atoms with Crippen LogP contribution < -0.4 is 5.32 Å². The van der Waals surface area contributed by atoms with Crippen LogP contribution in [0.3, 0.4) is 0 Å². The van der Waals surface area contributed by atoms with Gasteiger partial charge in [0.1, 0.15) is 17.2 Å². The van der Waals surface area contributed by atoms with E-state index in [0.29, 0.717) is 16.1 Å². The van der Waals surface area contributed by atoms with Crippen LogP contribution in [0.25, 0.3) is 0 Å². The molecule has 0 spiro atoms. The molecule has 1 amide bonds. The molecule has 2 N–H and O–H groups in total. The molecule has 2 rings (SSSR count). The highest BCUT2D eigenvalue weighted by Crippen LogP contribution is 2.26. The van der Waals surface area contributed by atoms with Gasteiger partial charge in [0.15, 0.2) is 0 Å². The molecule has 5 nitrogen and oxygen atoms in total. The molecular formula is C19H21ClN2O3. The summed E-state index contributed by atoms with van der Waals surface area (Å²) in [5.74, 6) is -0.400. The van der Waals surface area contributed by atoms with Gasteiger partial charge in [-0.1, -0.05) is 17.7 Å². The molecule has 0 bridgehead atoms. The lowest BCUT2D eigenvalue weighted by Crippen LogP contribution is -2.40. The lowest BCUT2D eigenvalue weighted by molar-refractivity contribution is -0.117. The first kappa shape index (κ1) is 18.9. The number of Topliss-reactive ketones (excluding diaryl/α,β-unsaturated/α-hetero) is 1. The average molecular weight is 361 g/mol. The number of pyridine rings is 1. The predicted octanol–water partition coefficient (Wildman–Crippen LogP) is 3.32. The van der Waals surface area contributed by atoms with Gasteiger partial charge in [0.2, 0.25) is 0 Å². The van der Waals surface area contributed by atoms with Crippen molar-refractivity contribution >= 4 is 23.3 Å². The van der Waals surface area contributed by atoms with E-state index >= 15 is 0 Å². The summed E-state index contributed by atoms with van der Waals surface area (Å²) in [7, 11) is 0. The first-order valence-corrected chi connectivity index (χ1v) is 8.29. The molecule has 0 aliphatic carbocycles. The minimum Gasteiger partial charge on any atom is -0.508 e. The summed E-state index contributed by atoms with van der Waals surface area (Å²) in [5.41, 5.74) is 0.993. The van der Waals surface area contributed by atoms with E-state index in [-0.39, 0.29) is 41.5 Å². The molecule has 0 aliphatic heterocycles. The SMILES string of the molecule is CC(C)(C)NC(=O)c1cc(CC(=O)Cc2c(O)cccc2Cl)ccn1. The summed E-state index contributed by atoms with van der Waals surface area (Å²) >= 11 is 6.03. The van der Waals surface area contributed by atoms with Crippen LogP contribution in [0.4, 0.5) is 0 Å². The van der Waals surface area contributed by atoms with Gasteiger partial charge in [0, 0.05) is 35.2 Å². The molecule has 1 heterocycles. The maximum atomic E-state index is 12.3. The largest absolute Gasteiger partial charge is 0.508 e. The number of nitrogens with one attached hydrogen (secondary N) is 1. The van der Waals surface area contributed by atoms with Crippen molar-refractivity contribution in [2.24, 2.45) is 0 Å². The van der Waals surface area contributed by atoms with Crippen LogP contribution in [-0.2, 0) is 17.6 Å². The number of ketones is 1. The van der Waals surface area contributed by atoms with Gasteiger partial charge in [-0.05, 0) is 50.6 Å². The molecule has 1 aromatic heterocycles. The smallest absolute Gasteiger partial charge is 0.270 e. The fraction of sp³-hybridized carbons (Fsp3) is 0.316. The van der Waals surface area contributed by atoms with Crippen LogP contribution in [0.15, 0.2) is 36.5 Å². The Morgan fingerprint density at radius 1 is 1.20 bits per heavy atom. The number of aromatic nitrogens is 1. The highest BCUT2D eigenvalue weighted by molar-refractivity contribution is 6.31. The molecular weight excluding hydrogens is 340 g/mol. The molecule has 0 saturated heterocycles. The maximum absolute atomic E-state index is 12.3. The van der Waals surface area contributed by atoms with Crippen LogP contribution in [0.2, 0.25) is 5.02 Å². The monoisotopic (exact) mass is 360 g/mol. The number of benzene rings is 1. The number of hydrogen-bond acceptors (Lipinski definition) is 4. The van der Waals surface area contributed by atoms with Gasteiger partial charge in [-0.15, -0.1) is 0 Å². The summed E-state index contributed by atoms with van der Waals surface area (Å²) in [6, 6.07) is 8.04. The third-order valence-corrected chi connectivity index (χ3v) is 3.77. The number of amides is 1. The number of carbonyl (C=O) groups excluding carboxylic acids is 2. The first-order valence-electron chi connectivity index (χ1n) is 7.91. The van der Waals surface area contributed by atoms with Crippen molar-refractivity contribution in [2.75, 3.05) is 0 Å². The van der Waals surface area contributed by atoms with Crippen molar-refractivity contribution in [3.63, 3.8) is 0 Å². The van der Waals surface area contributed by atoms with Gasteiger partial charge in [0.05, 0.1) is 0 Å². The molecule has 0 unspecified atom stereocenters. The van der Waals surface area contributed by atoms with Crippen LogP contribution in [0, 0.1) is 0 Å². The molecule has 1 aromatic carbocycles. The second-order valence-corrected chi connectivity index (χ2v) is 7.29. The summed E-state index contributed by atoms with van der Waals surface area (Å²) in [6.07, 6.45) is 1.66. The highest BCUT2D eigenvalue weighted by atomic mass is 35.5. The number of rotatable bonds is 5. The molecule has 2 aromatic rings. The van der Waals surface area contributed by atoms with E-state index in [2.05, 4.69) is 10.3 Å². The van der Waals surface area contributed by atoms with Crippen LogP contribution in [-0.4, -0.2) is 27.3 Å². The fourth-order valence-corrected chi connectivity index (χ4v) is 2.56. The first-order chi connectivity index (χ1) is 11.7. The van der Waals surface area contributed by atoms with Gasteiger partial charge in [-0.2, -0.15) is 0 Å². The molecule has 0 atom stereocenters. The topological polar surface area (TPSA) is 79.3 Å². The van der Waals surface area contributed by atoms with Gasteiger partial charge < -0.3 is 10.4 Å². The Balaban J connectivity index is 2.09. The zero-order valence-electron chi connectivity index (χ0n) is 14.5. The predicted molar refractivity (Wildman–Crippen MR) is 97.0 cm³/mol. The summed E-state index contributed by atoms with van der Waals surface area (Å²) in [5, 5.41) is 13.0. The zero-order chi connectivity index (χ0) is 18.6. The molecule has 132 valence electrons. The van der Waals surface area contributed by atoms with Gasteiger partial charge in [0.25, 0.3) is 5.91 Å². The van der Waals surface area contributed by atoms with E-state index in [1.165, 1.54) is 12.3 Å². The van der Waals surface area contributed by atoms with Crippen LogP contribution >= 0.6 is 11.6 Å². The van der Waals surface area contributed by atoms with Crippen molar-refractivity contribution in [1.82, 2.24) is 10.3 Å². The number of phenols is 1. The third-order valence-electron chi connectivity index (χ3n) is 3.41. The van der Waals surface area contributed by atoms with E-state index in [1.54, 1.807) is 24.3 Å². The lowest BCUT2D eigenvalue weighted by Gasteiger charge is -2.20. The molecule has 0 aliphatic rings. The van der Waals surface area contributed by atoms with Crippen LogP contribution in [0.5, 0.6) is 5.75 Å². The molecule has 0 fully saturated rings. The van der Waals surface area contributed by atoms with E-state index in [0.717, 1.165) is 0 Å². The van der Waals surface area contributed by atoms with E-state index < -0.39 is 0 Å². The highest BCUT2D eigenvalue weighted by Gasteiger charge is 2.17. The number of phenolic OH excluding ortho intramolecular Hbond substituents is 1. The maximum Gasteiger partial charge on any atom is 0.270 e. The second-order valence-electron chi connectivity index (χ2n) is 6.88. The number of carbonyl (C=O) groups is 2. The van der Waals surface area contributed by atoms with E-state index in [1.807, 2.05) is 20.8 Å². The summed E-state index contributed by atoms with van der Waals surface area (Å²) < 4.78 is 0. The lowest BCUT2D eigenvalue weighted by atomic mass is 10.0. The molecule has 0 saturated carbocycles. The Bertz CT molecular complexity index is 777. The standard InChI is InChI=1S/C19H21ClN2O3/c1-19(2,3)22-18(25)16-10-12(7-8-21-16)9-13(23)11-14-15(20)5-4-6-17(14)24/h4-8,10,24H,9,11H2,1-3H3,(H,22,25). The van der Waals surface area contributed by atoms with E-state index in [4.69, 9.17) is 11.6 Å². The molecule has 0 radical (unpaired) electrons. The number of halogens is 1. The second kappa shape index (κ2) is 7.66. The van der Waals surface area contributed by atoms with Crippen molar-refractivity contribution < 1.29 is 14.7 Å². The van der Waals surface area contributed by atoms with Gasteiger partial charge in [-0.25, -0.2) is 0 Å². The van der Waals surface area contributed by atoms with Crippen molar-refractivity contribution in [3.8, 4) is 5.75 Å². The van der Waals surface area contributed by atoms with Gasteiger partial charge >= 0.3 is 0 Å². The normalized spacial score (nSPS) is 11.2. The van der Waals surface area contributed by atoms with Crippen molar-refractivity contribution in [2.45, 2.75) is 39.2 Å². The molecule has 6 heteroatoms. The fourth-order valence-electron chi connectivity index (χ4n) is 2.32. The van der Waals surface area contributed by atoms with Crippen molar-refractivity contribution in [3.05, 3.63) is 58.4 Å². The third kappa shape index (κ3) is 5.57. The Kier molecular flexibility index (Phi) is 5.80. The summed E-state index contributed by atoms with van der Waals surface area (Å²) in [4.78, 5) is 28.5. The quantitative estimate of drug-likeness (QED) is 0.857. The Morgan fingerprint density at radius 2 is 1.92 bits per heavy atom.